The molecule has 4 aromatic rings. The number of fused-ring (bicyclic) bond motifs is 1. The average molecular weight is 367 g/mol. The van der Waals surface area contributed by atoms with Gasteiger partial charge in [-0.1, -0.05) is 78.9 Å². The van der Waals surface area contributed by atoms with Gasteiger partial charge in [0.25, 0.3) is 0 Å². The lowest BCUT2D eigenvalue weighted by Crippen LogP contribution is -2.27. The summed E-state index contributed by atoms with van der Waals surface area (Å²) in [6, 6.07) is 33.3. The summed E-state index contributed by atoms with van der Waals surface area (Å²) in [7, 11) is 0. The zero-order valence-electron chi connectivity index (χ0n) is 15.7. The molecule has 3 nitrogen and oxygen atoms in total. The van der Waals surface area contributed by atoms with Crippen LogP contribution in [-0.2, 0) is 4.74 Å². The second-order valence-corrected chi connectivity index (χ2v) is 6.60. The first kappa shape index (κ1) is 17.8. The molecule has 0 spiro atoms. The molecule has 1 unspecified atom stereocenters. The standard InChI is InChI=1S/C25H21NO2/c1-19(23-18-10-12-20-11-8-9-17-24(20)23)28-25(27)26(21-13-4-2-5-14-21)22-15-6-3-7-16-22/h2-19H,1H3. The summed E-state index contributed by atoms with van der Waals surface area (Å²) in [5.74, 6) is 0. The first-order valence-electron chi connectivity index (χ1n) is 9.32. The van der Waals surface area contributed by atoms with Gasteiger partial charge in [-0.2, -0.15) is 0 Å². The summed E-state index contributed by atoms with van der Waals surface area (Å²) in [5, 5.41) is 2.22. The van der Waals surface area contributed by atoms with Crippen molar-refractivity contribution in [1.29, 1.82) is 0 Å². The van der Waals surface area contributed by atoms with Crippen LogP contribution >= 0.6 is 0 Å². The number of amides is 1. The molecule has 4 aromatic carbocycles. The Hall–Kier alpha value is -3.59. The van der Waals surface area contributed by atoms with Crippen LogP contribution in [0.4, 0.5) is 16.2 Å². The lowest BCUT2D eigenvalue weighted by molar-refractivity contribution is 0.117. The smallest absolute Gasteiger partial charge is 0.419 e. The molecule has 138 valence electrons. The van der Waals surface area contributed by atoms with Crippen molar-refractivity contribution < 1.29 is 9.53 Å². The van der Waals surface area contributed by atoms with Crippen LogP contribution in [0.15, 0.2) is 103 Å². The Kier molecular flexibility index (Phi) is 5.07. The molecule has 0 saturated heterocycles. The van der Waals surface area contributed by atoms with Crippen molar-refractivity contribution in [3.8, 4) is 0 Å². The Labute approximate surface area is 164 Å². The van der Waals surface area contributed by atoms with Crippen LogP contribution in [-0.4, -0.2) is 6.09 Å². The van der Waals surface area contributed by atoms with Crippen molar-refractivity contribution in [2.75, 3.05) is 4.90 Å². The molecule has 4 rings (SSSR count). The molecule has 1 amide bonds. The summed E-state index contributed by atoms with van der Waals surface area (Å²) in [5.41, 5.74) is 2.53. The van der Waals surface area contributed by atoms with Gasteiger partial charge in [0.1, 0.15) is 6.10 Å². The maximum Gasteiger partial charge on any atom is 0.419 e. The van der Waals surface area contributed by atoms with E-state index in [1.807, 2.05) is 91.9 Å². The van der Waals surface area contributed by atoms with Crippen molar-refractivity contribution in [1.82, 2.24) is 0 Å². The van der Waals surface area contributed by atoms with Gasteiger partial charge >= 0.3 is 6.09 Å². The van der Waals surface area contributed by atoms with Crippen molar-refractivity contribution in [2.45, 2.75) is 13.0 Å². The van der Waals surface area contributed by atoms with Crippen LogP contribution in [0.5, 0.6) is 0 Å². The molecular formula is C25H21NO2. The van der Waals surface area contributed by atoms with E-state index in [2.05, 4.69) is 18.2 Å². The van der Waals surface area contributed by atoms with Crippen molar-refractivity contribution in [3.63, 3.8) is 0 Å². The highest BCUT2D eigenvalue weighted by Gasteiger charge is 2.22. The second-order valence-electron chi connectivity index (χ2n) is 6.60. The van der Waals surface area contributed by atoms with Crippen molar-refractivity contribution >= 4 is 28.2 Å². The van der Waals surface area contributed by atoms with Gasteiger partial charge in [0.2, 0.25) is 0 Å². The lowest BCUT2D eigenvalue weighted by atomic mass is 10.0. The topological polar surface area (TPSA) is 29.5 Å². The summed E-state index contributed by atoms with van der Waals surface area (Å²) >= 11 is 0. The fraction of sp³-hybridized carbons (Fsp3) is 0.0800. The minimum Gasteiger partial charge on any atom is -0.441 e. The Bertz CT molecular complexity index is 1030. The van der Waals surface area contributed by atoms with E-state index in [0.717, 1.165) is 27.7 Å². The highest BCUT2D eigenvalue weighted by Crippen LogP contribution is 2.30. The van der Waals surface area contributed by atoms with Crippen LogP contribution < -0.4 is 4.90 Å². The maximum atomic E-state index is 13.2. The zero-order chi connectivity index (χ0) is 19.3. The fourth-order valence-electron chi connectivity index (χ4n) is 3.39. The van der Waals surface area contributed by atoms with E-state index in [9.17, 15) is 4.79 Å². The molecule has 0 aliphatic rings. The largest absolute Gasteiger partial charge is 0.441 e. The molecule has 0 radical (unpaired) electrons. The molecule has 0 bridgehead atoms. The second kappa shape index (κ2) is 7.97. The monoisotopic (exact) mass is 367 g/mol. The third-order valence-electron chi connectivity index (χ3n) is 4.75. The maximum absolute atomic E-state index is 13.2. The number of benzene rings is 4. The fourth-order valence-corrected chi connectivity index (χ4v) is 3.39. The van der Waals surface area contributed by atoms with Crippen molar-refractivity contribution in [2.24, 2.45) is 0 Å². The van der Waals surface area contributed by atoms with Gasteiger partial charge in [0.05, 0.1) is 11.4 Å². The SMILES string of the molecule is CC(OC(=O)N(c1ccccc1)c1ccccc1)c1cccc2ccccc12. The van der Waals surface area contributed by atoms with E-state index >= 15 is 0 Å². The molecule has 1 atom stereocenters. The summed E-state index contributed by atoms with van der Waals surface area (Å²) in [4.78, 5) is 14.8. The van der Waals surface area contributed by atoms with Crippen molar-refractivity contribution in [3.05, 3.63) is 109 Å². The molecular weight excluding hydrogens is 346 g/mol. The molecule has 0 aliphatic carbocycles. The molecule has 0 aliphatic heterocycles. The zero-order valence-corrected chi connectivity index (χ0v) is 15.7. The molecule has 0 heterocycles. The number of para-hydroxylation sites is 2. The summed E-state index contributed by atoms with van der Waals surface area (Å²) < 4.78 is 5.90. The van der Waals surface area contributed by atoms with Crippen LogP contribution in [0.25, 0.3) is 10.8 Å². The van der Waals surface area contributed by atoms with Gasteiger partial charge in [0.15, 0.2) is 0 Å². The normalized spacial score (nSPS) is 11.8. The number of hydrogen-bond acceptors (Lipinski definition) is 2. The number of rotatable bonds is 4. The van der Waals surface area contributed by atoms with E-state index in [-0.39, 0.29) is 6.10 Å². The molecule has 0 saturated carbocycles. The number of anilines is 2. The van der Waals surface area contributed by atoms with E-state index in [1.165, 1.54) is 0 Å². The number of nitrogens with zero attached hydrogens (tertiary/aromatic N) is 1. The quantitative estimate of drug-likeness (QED) is 0.394. The van der Waals surface area contributed by atoms with Crippen LogP contribution in [0.1, 0.15) is 18.6 Å². The highest BCUT2D eigenvalue weighted by molar-refractivity contribution is 5.96. The Morgan fingerprint density at radius 1 is 0.714 bits per heavy atom. The molecule has 0 N–H and O–H groups in total. The Morgan fingerprint density at radius 3 is 1.89 bits per heavy atom. The highest BCUT2D eigenvalue weighted by atomic mass is 16.6. The van der Waals surface area contributed by atoms with E-state index in [1.54, 1.807) is 4.90 Å². The van der Waals surface area contributed by atoms with Crippen LogP contribution in [0, 0.1) is 0 Å². The van der Waals surface area contributed by atoms with Gasteiger partial charge in [-0.05, 0) is 42.0 Å². The molecule has 0 fully saturated rings. The van der Waals surface area contributed by atoms with Crippen LogP contribution in [0.3, 0.4) is 0 Å². The third kappa shape index (κ3) is 3.60. The lowest BCUT2D eigenvalue weighted by Gasteiger charge is -2.25. The van der Waals surface area contributed by atoms with Gasteiger partial charge in [-0.25, -0.2) is 9.69 Å². The van der Waals surface area contributed by atoms with Crippen LogP contribution in [0.2, 0.25) is 0 Å². The molecule has 3 heteroatoms. The van der Waals surface area contributed by atoms with Gasteiger partial charge in [-0.3, -0.25) is 0 Å². The number of carbonyl (C=O) groups excluding carboxylic acids is 1. The number of ether oxygens (including phenoxy) is 1. The summed E-state index contributed by atoms with van der Waals surface area (Å²) in [6.45, 7) is 1.91. The van der Waals surface area contributed by atoms with Gasteiger partial charge in [-0.15, -0.1) is 0 Å². The summed E-state index contributed by atoms with van der Waals surface area (Å²) in [6.07, 6.45) is -0.786. The predicted molar refractivity (Wildman–Crippen MR) is 114 cm³/mol. The third-order valence-corrected chi connectivity index (χ3v) is 4.75. The first-order chi connectivity index (χ1) is 13.7. The minimum absolute atomic E-state index is 0.381. The Morgan fingerprint density at radius 2 is 1.25 bits per heavy atom. The first-order valence-corrected chi connectivity index (χ1v) is 9.32. The number of hydrogen-bond donors (Lipinski definition) is 0. The average Bonchev–Trinajstić information content (AvgIpc) is 2.75. The van der Waals surface area contributed by atoms with Gasteiger partial charge in [0, 0.05) is 5.56 Å². The van der Waals surface area contributed by atoms with E-state index < -0.39 is 6.09 Å². The van der Waals surface area contributed by atoms with E-state index in [0.29, 0.717) is 0 Å². The van der Waals surface area contributed by atoms with Gasteiger partial charge < -0.3 is 4.74 Å². The minimum atomic E-state index is -0.405. The Balaban J connectivity index is 1.66. The predicted octanol–water partition coefficient (Wildman–Crippen LogP) is 6.88. The number of carbonyl (C=O) groups is 1. The van der Waals surface area contributed by atoms with E-state index in [4.69, 9.17) is 4.74 Å². The molecule has 0 aromatic heterocycles. The molecule has 28 heavy (non-hydrogen) atoms.